The number of hydrogen-bond donors (Lipinski definition) is 1. The normalized spacial score (nSPS) is 23.7. The standard InChI is InChI=1S/C27H33O7P/c1-27(2,34-19-10-6-5-7-11-19)24(29)14-13-20-22(28)17-23-25(20)21-12-8-9-18(26(21)33-23)15-16-35(30,31-3)32-4/h5-14,20,22-23,25,28H,15-17H2,1-4H3/b14-13+/t20-,22+,23-,25-/m0/s1. The first kappa shape index (κ1) is 25.6. The van der Waals surface area contributed by atoms with Gasteiger partial charge in [0, 0.05) is 38.0 Å². The van der Waals surface area contributed by atoms with Gasteiger partial charge in [-0.2, -0.15) is 0 Å². The van der Waals surface area contributed by atoms with Crippen LogP contribution in [0.5, 0.6) is 11.5 Å². The first-order valence-corrected chi connectivity index (χ1v) is 13.5. The molecule has 0 bridgehead atoms. The topological polar surface area (TPSA) is 91.3 Å². The van der Waals surface area contributed by atoms with E-state index in [-0.39, 0.29) is 29.9 Å². The Morgan fingerprint density at radius 3 is 2.54 bits per heavy atom. The van der Waals surface area contributed by atoms with Crippen molar-refractivity contribution < 1.29 is 33.0 Å². The van der Waals surface area contributed by atoms with E-state index in [1.165, 1.54) is 20.3 Å². The fourth-order valence-corrected chi connectivity index (χ4v) is 5.94. The van der Waals surface area contributed by atoms with Crippen LogP contribution in [0.2, 0.25) is 0 Å². The third-order valence-corrected chi connectivity index (χ3v) is 8.76. The maximum Gasteiger partial charge on any atom is 0.330 e. The number of ether oxygens (including phenoxy) is 2. The first-order valence-electron chi connectivity index (χ1n) is 11.8. The third kappa shape index (κ3) is 5.39. The molecule has 0 unspecified atom stereocenters. The van der Waals surface area contributed by atoms with E-state index < -0.39 is 19.3 Å². The molecule has 4 rings (SSSR count). The van der Waals surface area contributed by atoms with Crippen LogP contribution < -0.4 is 9.47 Å². The van der Waals surface area contributed by atoms with Crippen molar-refractivity contribution in [1.29, 1.82) is 0 Å². The predicted octanol–water partition coefficient (Wildman–Crippen LogP) is 4.92. The second-order valence-electron chi connectivity index (χ2n) is 9.50. The van der Waals surface area contributed by atoms with Gasteiger partial charge in [-0.05, 0) is 44.0 Å². The third-order valence-electron chi connectivity index (χ3n) is 6.88. The number of carbonyl (C=O) groups excluding carboxylic acids is 1. The fraction of sp³-hybridized carbons (Fsp3) is 0.444. The van der Waals surface area contributed by atoms with Gasteiger partial charge in [0.15, 0.2) is 11.4 Å². The Labute approximate surface area is 206 Å². The van der Waals surface area contributed by atoms with Crippen molar-refractivity contribution in [3.63, 3.8) is 0 Å². The quantitative estimate of drug-likeness (QED) is 0.366. The summed E-state index contributed by atoms with van der Waals surface area (Å²) in [6.07, 6.45) is 3.71. The molecule has 0 amide bonds. The van der Waals surface area contributed by atoms with Gasteiger partial charge < -0.3 is 23.6 Å². The monoisotopic (exact) mass is 500 g/mol. The molecule has 1 N–H and O–H groups in total. The Morgan fingerprint density at radius 2 is 1.86 bits per heavy atom. The number of rotatable bonds is 10. The van der Waals surface area contributed by atoms with Gasteiger partial charge in [-0.3, -0.25) is 9.36 Å². The predicted molar refractivity (Wildman–Crippen MR) is 133 cm³/mol. The summed E-state index contributed by atoms with van der Waals surface area (Å²) in [6.45, 7) is 3.47. The average molecular weight is 501 g/mol. The summed E-state index contributed by atoms with van der Waals surface area (Å²) in [4.78, 5) is 13.0. The van der Waals surface area contributed by atoms with E-state index in [1.54, 1.807) is 19.9 Å². The van der Waals surface area contributed by atoms with Gasteiger partial charge in [0.2, 0.25) is 0 Å². The van der Waals surface area contributed by atoms with E-state index in [9.17, 15) is 14.5 Å². The minimum absolute atomic E-state index is 0.0705. The summed E-state index contributed by atoms with van der Waals surface area (Å²) in [5.41, 5.74) is 0.877. The van der Waals surface area contributed by atoms with Crippen molar-refractivity contribution in [3.8, 4) is 11.5 Å². The Kier molecular flexibility index (Phi) is 7.53. The summed E-state index contributed by atoms with van der Waals surface area (Å²) in [6, 6.07) is 15.1. The molecule has 1 fully saturated rings. The molecule has 1 aliphatic heterocycles. The van der Waals surface area contributed by atoms with E-state index in [4.69, 9.17) is 18.5 Å². The second-order valence-corrected chi connectivity index (χ2v) is 11.9. The van der Waals surface area contributed by atoms with E-state index in [0.717, 1.165) is 16.9 Å². The zero-order valence-corrected chi connectivity index (χ0v) is 21.4. The number of benzene rings is 2. The van der Waals surface area contributed by atoms with E-state index in [1.807, 2.05) is 48.5 Å². The van der Waals surface area contributed by atoms with Crippen molar-refractivity contribution in [3.05, 3.63) is 71.8 Å². The summed E-state index contributed by atoms with van der Waals surface area (Å²) >= 11 is 0. The van der Waals surface area contributed by atoms with Crippen molar-refractivity contribution >= 4 is 13.4 Å². The molecule has 4 atom stereocenters. The van der Waals surface area contributed by atoms with Crippen LogP contribution in [0.15, 0.2) is 60.7 Å². The largest absolute Gasteiger partial charge is 0.489 e. The molecule has 188 valence electrons. The summed E-state index contributed by atoms with van der Waals surface area (Å²) in [5.74, 6) is 0.874. The number of aliphatic hydroxyl groups is 1. The minimum Gasteiger partial charge on any atom is -0.489 e. The molecule has 0 spiro atoms. The summed E-state index contributed by atoms with van der Waals surface area (Å²) < 4.78 is 34.8. The zero-order valence-electron chi connectivity index (χ0n) is 20.5. The number of hydrogen-bond acceptors (Lipinski definition) is 7. The maximum atomic E-state index is 13.0. The number of aliphatic hydroxyl groups excluding tert-OH is 1. The van der Waals surface area contributed by atoms with E-state index >= 15 is 0 Å². The molecule has 8 heteroatoms. The molecule has 2 aliphatic rings. The van der Waals surface area contributed by atoms with Gasteiger partial charge >= 0.3 is 7.60 Å². The van der Waals surface area contributed by atoms with Crippen LogP contribution in [0.1, 0.15) is 37.3 Å². The molecule has 2 aromatic carbocycles. The first-order chi connectivity index (χ1) is 16.7. The molecule has 0 saturated heterocycles. The number of para-hydroxylation sites is 2. The van der Waals surface area contributed by atoms with Crippen LogP contribution >= 0.6 is 7.60 Å². The Bertz CT molecular complexity index is 1120. The molecule has 0 aromatic heterocycles. The van der Waals surface area contributed by atoms with Crippen LogP contribution in [-0.4, -0.2) is 49.1 Å². The van der Waals surface area contributed by atoms with Gasteiger partial charge in [0.25, 0.3) is 0 Å². The lowest BCUT2D eigenvalue weighted by atomic mass is 9.86. The molecular formula is C27H33O7P. The number of aryl methyl sites for hydroxylation is 1. The lowest BCUT2D eigenvalue weighted by Crippen LogP contribution is -2.37. The summed E-state index contributed by atoms with van der Waals surface area (Å²) in [5, 5.41) is 10.8. The van der Waals surface area contributed by atoms with Crippen LogP contribution in [0.3, 0.4) is 0 Å². The van der Waals surface area contributed by atoms with Gasteiger partial charge in [-0.15, -0.1) is 0 Å². The maximum absolute atomic E-state index is 13.0. The van der Waals surface area contributed by atoms with Crippen molar-refractivity contribution in [2.45, 2.75) is 50.4 Å². The van der Waals surface area contributed by atoms with Gasteiger partial charge in [-0.1, -0.05) is 42.5 Å². The molecule has 2 aromatic rings. The summed E-state index contributed by atoms with van der Waals surface area (Å²) in [7, 11) is -0.374. The highest BCUT2D eigenvalue weighted by molar-refractivity contribution is 7.53. The fourth-order valence-electron chi connectivity index (χ4n) is 4.91. The van der Waals surface area contributed by atoms with Crippen molar-refractivity contribution in [2.24, 2.45) is 5.92 Å². The van der Waals surface area contributed by atoms with Gasteiger partial charge in [0.1, 0.15) is 17.6 Å². The van der Waals surface area contributed by atoms with Crippen molar-refractivity contribution in [2.75, 3.05) is 20.4 Å². The molecule has 1 saturated carbocycles. The Morgan fingerprint density at radius 1 is 1.14 bits per heavy atom. The number of ketones is 1. The highest BCUT2D eigenvalue weighted by Gasteiger charge is 2.49. The second kappa shape index (κ2) is 10.3. The van der Waals surface area contributed by atoms with Crippen molar-refractivity contribution in [1.82, 2.24) is 0 Å². The highest BCUT2D eigenvalue weighted by atomic mass is 31.2. The van der Waals surface area contributed by atoms with Gasteiger partial charge in [0.05, 0.1) is 12.3 Å². The Balaban J connectivity index is 1.51. The zero-order chi connectivity index (χ0) is 25.2. The highest BCUT2D eigenvalue weighted by Crippen LogP contribution is 2.53. The smallest absolute Gasteiger partial charge is 0.330 e. The van der Waals surface area contributed by atoms with Gasteiger partial charge in [-0.25, -0.2) is 0 Å². The van der Waals surface area contributed by atoms with Crippen LogP contribution in [0, 0.1) is 5.92 Å². The Hall–Kier alpha value is -2.44. The lowest BCUT2D eigenvalue weighted by Gasteiger charge is -2.24. The molecule has 1 aliphatic carbocycles. The SMILES string of the molecule is COP(=O)(CCc1cccc2c1O[C@H]1C[C@@H](O)[C@H](/C=C/C(=O)C(C)(C)Oc3ccccc3)[C@@H]21)OC. The van der Waals surface area contributed by atoms with Crippen LogP contribution in [0.25, 0.3) is 0 Å². The van der Waals surface area contributed by atoms with Crippen LogP contribution in [-0.2, 0) is 24.8 Å². The molecule has 0 radical (unpaired) electrons. The molecule has 7 nitrogen and oxygen atoms in total. The molecular weight excluding hydrogens is 467 g/mol. The number of carbonyl (C=O) groups is 1. The number of fused-ring (bicyclic) bond motifs is 3. The minimum atomic E-state index is -3.14. The molecule has 35 heavy (non-hydrogen) atoms. The average Bonchev–Trinajstić information content (AvgIpc) is 3.36. The van der Waals surface area contributed by atoms with E-state index in [0.29, 0.717) is 18.6 Å². The van der Waals surface area contributed by atoms with Crippen LogP contribution in [0.4, 0.5) is 0 Å². The lowest BCUT2D eigenvalue weighted by molar-refractivity contribution is -0.126. The van der Waals surface area contributed by atoms with E-state index in [2.05, 4.69) is 0 Å². The molecule has 1 heterocycles.